The Bertz CT molecular complexity index is 700. The number of phenolic OH excluding ortho intramolecular Hbond substituents is 1. The summed E-state index contributed by atoms with van der Waals surface area (Å²) in [5.74, 6) is 0.852. The summed E-state index contributed by atoms with van der Waals surface area (Å²) in [6.07, 6.45) is 12.5. The molecule has 0 heterocycles. The Morgan fingerprint density at radius 2 is 1.43 bits per heavy atom. The molecule has 154 valence electrons. The molecule has 1 N–H and O–H groups in total. The van der Waals surface area contributed by atoms with Crippen molar-refractivity contribution in [3.63, 3.8) is 0 Å². The molecule has 0 saturated heterocycles. The van der Waals surface area contributed by atoms with Crippen LogP contribution in [0.1, 0.15) is 102 Å². The van der Waals surface area contributed by atoms with Crippen molar-refractivity contribution >= 4 is 0 Å². The molecule has 0 radical (unpaired) electrons. The van der Waals surface area contributed by atoms with E-state index in [0.717, 1.165) is 24.0 Å². The Morgan fingerprint density at radius 1 is 0.786 bits per heavy atom. The van der Waals surface area contributed by atoms with E-state index >= 15 is 0 Å². The van der Waals surface area contributed by atoms with E-state index in [4.69, 9.17) is 0 Å². The van der Waals surface area contributed by atoms with Crippen LogP contribution in [0.3, 0.4) is 0 Å². The molecule has 28 heavy (non-hydrogen) atoms. The first-order valence-electron chi connectivity index (χ1n) is 11.5. The number of hydrogen-bond acceptors (Lipinski definition) is 1. The minimum atomic E-state index is 0.401. The first-order valence-corrected chi connectivity index (χ1v) is 11.5. The van der Waals surface area contributed by atoms with Crippen molar-refractivity contribution in [1.29, 1.82) is 0 Å². The van der Waals surface area contributed by atoms with Crippen LogP contribution in [0.25, 0.3) is 11.1 Å². The van der Waals surface area contributed by atoms with Crippen LogP contribution < -0.4 is 0 Å². The van der Waals surface area contributed by atoms with Crippen molar-refractivity contribution in [2.45, 2.75) is 97.8 Å². The highest BCUT2D eigenvalue weighted by Crippen LogP contribution is 2.41. The van der Waals surface area contributed by atoms with E-state index in [1.807, 2.05) is 6.07 Å². The summed E-state index contributed by atoms with van der Waals surface area (Å²) < 4.78 is 0. The third-order valence-electron chi connectivity index (χ3n) is 5.77. The van der Waals surface area contributed by atoms with Gasteiger partial charge in [0.2, 0.25) is 0 Å². The number of benzene rings is 2. The first-order chi connectivity index (χ1) is 13.6. The van der Waals surface area contributed by atoms with Crippen LogP contribution in [0.2, 0.25) is 0 Å². The average molecular weight is 381 g/mol. The van der Waals surface area contributed by atoms with Crippen LogP contribution in [0.5, 0.6) is 5.75 Å². The highest BCUT2D eigenvalue weighted by Gasteiger charge is 2.20. The summed E-state index contributed by atoms with van der Waals surface area (Å²) in [6.45, 7) is 9.07. The Morgan fingerprint density at radius 3 is 2.07 bits per heavy atom. The molecule has 0 saturated carbocycles. The lowest BCUT2D eigenvalue weighted by Crippen LogP contribution is -2.06. The van der Waals surface area contributed by atoms with E-state index in [1.54, 1.807) is 0 Å². The number of phenols is 1. The maximum Gasteiger partial charge on any atom is 0.123 e. The first kappa shape index (κ1) is 22.5. The molecule has 1 nitrogen and oxygen atoms in total. The average Bonchev–Trinajstić information content (AvgIpc) is 2.69. The van der Waals surface area contributed by atoms with Gasteiger partial charge in [-0.15, -0.1) is 0 Å². The zero-order chi connectivity index (χ0) is 20.4. The van der Waals surface area contributed by atoms with Crippen LogP contribution in [-0.2, 0) is 12.8 Å². The molecule has 0 bridgehead atoms. The topological polar surface area (TPSA) is 20.2 Å². The van der Waals surface area contributed by atoms with Gasteiger partial charge in [-0.1, -0.05) is 96.6 Å². The summed E-state index contributed by atoms with van der Waals surface area (Å²) in [5, 5.41) is 11.0. The lowest BCUT2D eigenvalue weighted by molar-refractivity contribution is 0.474. The fourth-order valence-electron chi connectivity index (χ4n) is 4.30. The Balaban J connectivity index is 2.39. The number of hydrogen-bond donors (Lipinski definition) is 1. The van der Waals surface area contributed by atoms with Crippen molar-refractivity contribution in [2.24, 2.45) is 0 Å². The number of unbranched alkanes of at least 4 members (excludes halogenated alkanes) is 6. The molecule has 0 spiro atoms. The fourth-order valence-corrected chi connectivity index (χ4v) is 4.30. The molecule has 1 heteroatoms. The summed E-state index contributed by atoms with van der Waals surface area (Å²) in [5.41, 5.74) is 6.43. The normalized spacial score (nSPS) is 11.3. The largest absolute Gasteiger partial charge is 0.507 e. The summed E-state index contributed by atoms with van der Waals surface area (Å²) in [7, 11) is 0. The molecular weight excluding hydrogens is 340 g/mol. The smallest absolute Gasteiger partial charge is 0.123 e. The molecule has 0 aliphatic heterocycles. The summed E-state index contributed by atoms with van der Waals surface area (Å²) >= 11 is 0. The van der Waals surface area contributed by atoms with Crippen molar-refractivity contribution in [3.05, 3.63) is 53.1 Å². The van der Waals surface area contributed by atoms with Gasteiger partial charge in [-0.2, -0.15) is 0 Å². The predicted molar refractivity (Wildman–Crippen MR) is 123 cm³/mol. The maximum atomic E-state index is 11.0. The standard InChI is InChI=1S/C27H40O/c1-5-7-9-10-11-15-19-24-23(16-8-6-2)20-25(28)27(26(24)21(3)4)22-17-13-12-14-18-22/h12-14,17-18,20-21,28H,5-11,15-16,19H2,1-4H3. The molecule has 0 fully saturated rings. The quantitative estimate of drug-likeness (QED) is 0.366. The minimum Gasteiger partial charge on any atom is -0.507 e. The van der Waals surface area contributed by atoms with Gasteiger partial charge in [-0.05, 0) is 59.9 Å². The van der Waals surface area contributed by atoms with Crippen LogP contribution >= 0.6 is 0 Å². The number of aromatic hydroxyl groups is 1. The van der Waals surface area contributed by atoms with Crippen LogP contribution in [0.15, 0.2) is 36.4 Å². The number of aryl methyl sites for hydroxylation is 1. The van der Waals surface area contributed by atoms with Gasteiger partial charge in [0, 0.05) is 5.56 Å². The lowest BCUT2D eigenvalue weighted by atomic mass is 9.82. The van der Waals surface area contributed by atoms with E-state index < -0.39 is 0 Å². The zero-order valence-corrected chi connectivity index (χ0v) is 18.6. The van der Waals surface area contributed by atoms with E-state index in [1.165, 1.54) is 68.1 Å². The van der Waals surface area contributed by atoms with Gasteiger partial charge in [0.05, 0.1) is 0 Å². The molecule has 2 rings (SSSR count). The van der Waals surface area contributed by atoms with Crippen molar-refractivity contribution < 1.29 is 5.11 Å². The third-order valence-corrected chi connectivity index (χ3v) is 5.77. The number of rotatable bonds is 12. The monoisotopic (exact) mass is 380 g/mol. The highest BCUT2D eigenvalue weighted by molar-refractivity contribution is 5.76. The molecule has 0 aliphatic carbocycles. The second-order valence-corrected chi connectivity index (χ2v) is 8.46. The molecule has 0 amide bonds. The van der Waals surface area contributed by atoms with Gasteiger partial charge in [0.1, 0.15) is 5.75 Å². The highest BCUT2D eigenvalue weighted by atomic mass is 16.3. The molecular formula is C27H40O. The van der Waals surface area contributed by atoms with Crippen molar-refractivity contribution in [3.8, 4) is 16.9 Å². The van der Waals surface area contributed by atoms with E-state index in [9.17, 15) is 5.11 Å². The second kappa shape index (κ2) is 11.9. The van der Waals surface area contributed by atoms with E-state index in [-0.39, 0.29) is 0 Å². The lowest BCUT2D eigenvalue weighted by Gasteiger charge is -2.23. The predicted octanol–water partition coefficient (Wildman–Crippen LogP) is 8.43. The van der Waals surface area contributed by atoms with Crippen LogP contribution in [0.4, 0.5) is 0 Å². The molecule has 0 aliphatic rings. The minimum absolute atomic E-state index is 0.401. The van der Waals surface area contributed by atoms with Crippen LogP contribution in [-0.4, -0.2) is 5.11 Å². The van der Waals surface area contributed by atoms with E-state index in [2.05, 4.69) is 58.0 Å². The Kier molecular flexibility index (Phi) is 9.61. The maximum absolute atomic E-state index is 11.0. The molecule has 0 aromatic heterocycles. The summed E-state index contributed by atoms with van der Waals surface area (Å²) in [4.78, 5) is 0. The summed E-state index contributed by atoms with van der Waals surface area (Å²) in [6, 6.07) is 12.5. The van der Waals surface area contributed by atoms with Gasteiger partial charge >= 0.3 is 0 Å². The molecule has 2 aromatic rings. The van der Waals surface area contributed by atoms with E-state index in [0.29, 0.717) is 11.7 Å². The SMILES string of the molecule is CCCCCCCCc1c(CCCC)cc(O)c(-c2ccccc2)c1C(C)C. The molecule has 0 unspecified atom stereocenters. The fraction of sp³-hybridized carbons (Fsp3) is 0.556. The Labute approximate surface area is 173 Å². The van der Waals surface area contributed by atoms with Gasteiger partial charge in [-0.3, -0.25) is 0 Å². The Hall–Kier alpha value is -1.76. The third kappa shape index (κ3) is 6.12. The van der Waals surface area contributed by atoms with Gasteiger partial charge < -0.3 is 5.11 Å². The van der Waals surface area contributed by atoms with Crippen LogP contribution in [0, 0.1) is 0 Å². The molecule has 0 atom stereocenters. The zero-order valence-electron chi connectivity index (χ0n) is 18.6. The van der Waals surface area contributed by atoms with Gasteiger partial charge in [0.15, 0.2) is 0 Å². The van der Waals surface area contributed by atoms with Crippen molar-refractivity contribution in [1.82, 2.24) is 0 Å². The van der Waals surface area contributed by atoms with Crippen molar-refractivity contribution in [2.75, 3.05) is 0 Å². The van der Waals surface area contributed by atoms with Gasteiger partial charge in [-0.25, -0.2) is 0 Å². The second-order valence-electron chi connectivity index (χ2n) is 8.46. The van der Waals surface area contributed by atoms with Gasteiger partial charge in [0.25, 0.3) is 0 Å². The molecule has 2 aromatic carbocycles.